The minimum Gasteiger partial charge on any atom is -0.467 e. The first-order valence-corrected chi connectivity index (χ1v) is 11.2. The number of carbonyl (C=O) groups excluding carboxylic acids is 3. The van der Waals surface area contributed by atoms with E-state index in [1.165, 1.54) is 17.5 Å². The summed E-state index contributed by atoms with van der Waals surface area (Å²) in [5.41, 5.74) is -0.0998. The molecule has 2 unspecified atom stereocenters. The molecule has 4 amide bonds. The summed E-state index contributed by atoms with van der Waals surface area (Å²) in [5.74, 6) is 0.0589. The molecule has 4 heterocycles. The van der Waals surface area contributed by atoms with E-state index in [1.807, 2.05) is 0 Å². The summed E-state index contributed by atoms with van der Waals surface area (Å²) in [5, 5.41) is 8.99. The van der Waals surface area contributed by atoms with Crippen LogP contribution < -0.4 is 5.32 Å². The molecule has 174 valence electrons. The molecule has 0 saturated carbocycles. The van der Waals surface area contributed by atoms with Gasteiger partial charge in [-0.1, -0.05) is 30.7 Å². The first-order chi connectivity index (χ1) is 16.4. The number of nitrogens with zero attached hydrogens (tertiary/aromatic N) is 3. The molecule has 5 rings (SSSR count). The molecule has 2 aromatic heterocycles. The third-order valence-electron chi connectivity index (χ3n) is 6.18. The van der Waals surface area contributed by atoms with Crippen LogP contribution in [0.3, 0.4) is 0 Å². The molecule has 1 N–H and O–H groups in total. The average Bonchev–Trinajstić information content (AvgIpc) is 3.63. The first kappa shape index (κ1) is 22.0. The zero-order valence-electron chi connectivity index (χ0n) is 18.2. The van der Waals surface area contributed by atoms with E-state index in [-0.39, 0.29) is 0 Å². The van der Waals surface area contributed by atoms with Gasteiger partial charge >= 0.3 is 6.03 Å². The van der Waals surface area contributed by atoms with E-state index in [9.17, 15) is 14.4 Å². The molecule has 0 aliphatic carbocycles. The molecule has 2 atom stereocenters. The lowest BCUT2D eigenvalue weighted by Gasteiger charge is -2.26. The normalized spacial score (nSPS) is 22.3. The van der Waals surface area contributed by atoms with Crippen LogP contribution in [0.5, 0.6) is 0 Å². The Morgan fingerprint density at radius 3 is 2.53 bits per heavy atom. The predicted octanol–water partition coefficient (Wildman–Crippen LogP) is 4.06. The summed E-state index contributed by atoms with van der Waals surface area (Å²) >= 11 is 5.99. The summed E-state index contributed by atoms with van der Waals surface area (Å²) in [6, 6.07) is 12.5. The van der Waals surface area contributed by atoms with Crippen LogP contribution in [0.1, 0.15) is 42.9 Å². The molecule has 34 heavy (non-hydrogen) atoms. The minimum atomic E-state index is -1.27. The van der Waals surface area contributed by atoms with E-state index in [2.05, 4.69) is 10.4 Å². The number of hydrogen-bond donors (Lipinski definition) is 1. The van der Waals surface area contributed by atoms with Gasteiger partial charge < -0.3 is 14.2 Å². The Kier molecular flexibility index (Phi) is 5.49. The van der Waals surface area contributed by atoms with Gasteiger partial charge in [0.1, 0.15) is 35.4 Å². The summed E-state index contributed by atoms with van der Waals surface area (Å²) in [6.45, 7) is 1.33. The number of hydrogen-bond acceptors (Lipinski definition) is 6. The van der Waals surface area contributed by atoms with E-state index >= 15 is 0 Å². The van der Waals surface area contributed by atoms with Gasteiger partial charge in [-0.25, -0.2) is 9.80 Å². The number of furan rings is 2. The monoisotopic (exact) mass is 480 g/mol. The molecule has 0 bridgehead atoms. The lowest BCUT2D eigenvalue weighted by molar-refractivity contribution is -0.140. The highest BCUT2D eigenvalue weighted by atomic mass is 35.5. The average molecular weight is 481 g/mol. The van der Waals surface area contributed by atoms with Gasteiger partial charge in [-0.2, -0.15) is 5.10 Å². The molecule has 1 aromatic carbocycles. The fraction of sp³-hybridized carbons (Fsp3) is 0.250. The number of nitrogens with one attached hydrogen (secondary N) is 1. The van der Waals surface area contributed by atoms with Crippen LogP contribution in [0.15, 0.2) is 75.0 Å². The number of amides is 4. The highest BCUT2D eigenvalue weighted by molar-refractivity contribution is 6.30. The Morgan fingerprint density at radius 1 is 1.15 bits per heavy atom. The quantitative estimate of drug-likeness (QED) is 0.535. The molecule has 10 heteroatoms. The van der Waals surface area contributed by atoms with Gasteiger partial charge in [-0.05, 0) is 48.4 Å². The summed E-state index contributed by atoms with van der Waals surface area (Å²) < 4.78 is 11.0. The molecule has 1 fully saturated rings. The van der Waals surface area contributed by atoms with Crippen molar-refractivity contribution in [3.63, 3.8) is 0 Å². The van der Waals surface area contributed by atoms with Crippen molar-refractivity contribution in [2.75, 3.05) is 6.54 Å². The fourth-order valence-electron chi connectivity index (χ4n) is 4.39. The Hall–Kier alpha value is -3.85. The Morgan fingerprint density at radius 2 is 1.88 bits per heavy atom. The van der Waals surface area contributed by atoms with Crippen molar-refractivity contribution < 1.29 is 23.2 Å². The number of hydrazone groups is 1. The maximum Gasteiger partial charge on any atom is 0.325 e. The fourth-order valence-corrected chi connectivity index (χ4v) is 4.51. The molecule has 0 spiro atoms. The van der Waals surface area contributed by atoms with Crippen LogP contribution in [-0.2, 0) is 15.1 Å². The van der Waals surface area contributed by atoms with Crippen LogP contribution in [0, 0.1) is 0 Å². The molecular weight excluding hydrogens is 460 g/mol. The molecule has 2 aliphatic heterocycles. The van der Waals surface area contributed by atoms with Crippen LogP contribution in [-0.4, -0.2) is 40.0 Å². The number of halogens is 1. The molecular formula is C24H21ClN4O5. The van der Waals surface area contributed by atoms with Gasteiger partial charge in [0, 0.05) is 11.4 Å². The zero-order valence-corrected chi connectivity index (χ0v) is 19.0. The van der Waals surface area contributed by atoms with E-state index < -0.39 is 36.0 Å². The van der Waals surface area contributed by atoms with E-state index in [0.29, 0.717) is 40.7 Å². The Labute approximate surface area is 199 Å². The van der Waals surface area contributed by atoms with Gasteiger partial charge in [-0.3, -0.25) is 14.5 Å². The van der Waals surface area contributed by atoms with Gasteiger partial charge in [-0.15, -0.1) is 0 Å². The second kappa shape index (κ2) is 8.49. The zero-order chi connectivity index (χ0) is 23.9. The van der Waals surface area contributed by atoms with Crippen molar-refractivity contribution in [3.05, 3.63) is 83.2 Å². The molecule has 2 aliphatic rings. The van der Waals surface area contributed by atoms with Crippen molar-refractivity contribution in [1.29, 1.82) is 0 Å². The molecule has 0 radical (unpaired) electrons. The second-order valence-electron chi connectivity index (χ2n) is 8.08. The summed E-state index contributed by atoms with van der Waals surface area (Å²) in [7, 11) is 0. The Bertz CT molecular complexity index is 1250. The van der Waals surface area contributed by atoms with E-state index in [1.54, 1.807) is 55.5 Å². The predicted molar refractivity (Wildman–Crippen MR) is 122 cm³/mol. The SMILES string of the molecule is CCC1(c2ccc(Cl)cc2)NC(=O)N(CC(=O)N2N=C(c3ccco3)CC2c2ccco2)C1=O. The van der Waals surface area contributed by atoms with Crippen molar-refractivity contribution in [1.82, 2.24) is 15.2 Å². The highest BCUT2D eigenvalue weighted by Gasteiger charge is 2.52. The van der Waals surface area contributed by atoms with Gasteiger partial charge in [0.25, 0.3) is 11.8 Å². The van der Waals surface area contributed by atoms with Crippen LogP contribution in [0.25, 0.3) is 0 Å². The molecule has 9 nitrogen and oxygen atoms in total. The lowest BCUT2D eigenvalue weighted by atomic mass is 9.87. The number of benzene rings is 1. The topological polar surface area (TPSA) is 108 Å². The first-order valence-electron chi connectivity index (χ1n) is 10.8. The summed E-state index contributed by atoms with van der Waals surface area (Å²) in [4.78, 5) is 40.6. The van der Waals surface area contributed by atoms with Crippen molar-refractivity contribution in [2.24, 2.45) is 5.10 Å². The molecule has 3 aromatic rings. The van der Waals surface area contributed by atoms with E-state index in [4.69, 9.17) is 20.4 Å². The standard InChI is InChI=1S/C24H21ClN4O5/c1-2-24(15-7-9-16(25)10-8-15)22(31)28(23(32)26-24)14-21(30)29-18(20-6-4-12-34-20)13-17(27-29)19-5-3-11-33-19/h3-12,18H,2,13-14H2,1H3,(H,26,32). The number of carbonyl (C=O) groups is 3. The third kappa shape index (κ3) is 3.58. The largest absolute Gasteiger partial charge is 0.467 e. The summed E-state index contributed by atoms with van der Waals surface area (Å²) in [6.07, 6.45) is 3.72. The number of urea groups is 1. The Balaban J connectivity index is 1.41. The van der Waals surface area contributed by atoms with Gasteiger partial charge in [0.05, 0.1) is 12.5 Å². The van der Waals surface area contributed by atoms with Crippen LogP contribution in [0.4, 0.5) is 4.79 Å². The van der Waals surface area contributed by atoms with E-state index in [0.717, 1.165) is 4.90 Å². The van der Waals surface area contributed by atoms with Gasteiger partial charge in [0.2, 0.25) is 0 Å². The third-order valence-corrected chi connectivity index (χ3v) is 6.43. The van der Waals surface area contributed by atoms with Crippen molar-refractivity contribution >= 4 is 35.2 Å². The van der Waals surface area contributed by atoms with Crippen LogP contribution >= 0.6 is 11.6 Å². The second-order valence-corrected chi connectivity index (χ2v) is 8.52. The minimum absolute atomic E-state index is 0.309. The van der Waals surface area contributed by atoms with Crippen molar-refractivity contribution in [3.8, 4) is 0 Å². The lowest BCUT2D eigenvalue weighted by Crippen LogP contribution is -2.45. The number of imide groups is 1. The maximum absolute atomic E-state index is 13.4. The maximum atomic E-state index is 13.4. The van der Waals surface area contributed by atoms with Gasteiger partial charge in [0.15, 0.2) is 0 Å². The molecule has 1 saturated heterocycles. The smallest absolute Gasteiger partial charge is 0.325 e. The van der Waals surface area contributed by atoms with Crippen molar-refractivity contribution in [2.45, 2.75) is 31.3 Å². The van der Waals surface area contributed by atoms with Crippen LogP contribution in [0.2, 0.25) is 5.02 Å². The number of rotatable bonds is 6. The highest BCUT2D eigenvalue weighted by Crippen LogP contribution is 2.35.